The fourth-order valence-electron chi connectivity index (χ4n) is 4.37. The Balaban J connectivity index is 1.75. The van der Waals surface area contributed by atoms with Crippen LogP contribution in [0, 0.1) is 11.7 Å². The zero-order valence-corrected chi connectivity index (χ0v) is 22.5. The van der Waals surface area contributed by atoms with Crippen molar-refractivity contribution in [1.29, 1.82) is 0 Å². The van der Waals surface area contributed by atoms with Crippen molar-refractivity contribution in [1.82, 2.24) is 14.5 Å². The van der Waals surface area contributed by atoms with Gasteiger partial charge in [0.05, 0.1) is 38.2 Å². The van der Waals surface area contributed by atoms with Crippen LogP contribution in [0.25, 0.3) is 10.9 Å². The summed E-state index contributed by atoms with van der Waals surface area (Å²) < 4.78 is 27.3. The third-order valence-corrected chi connectivity index (χ3v) is 6.52. The maximum Gasteiger partial charge on any atom is 0.332 e. The second-order valence-electron chi connectivity index (χ2n) is 9.75. The first-order valence-corrected chi connectivity index (χ1v) is 12.7. The molecule has 8 nitrogen and oxygen atoms in total. The molecule has 3 aromatic carbocycles. The van der Waals surface area contributed by atoms with Gasteiger partial charge < -0.3 is 14.8 Å². The van der Waals surface area contributed by atoms with E-state index in [4.69, 9.17) is 9.47 Å². The van der Waals surface area contributed by atoms with E-state index in [0.29, 0.717) is 46.2 Å². The van der Waals surface area contributed by atoms with Crippen LogP contribution >= 0.6 is 0 Å². The quantitative estimate of drug-likeness (QED) is 0.330. The molecule has 0 bridgehead atoms. The molecule has 0 aliphatic carbocycles. The van der Waals surface area contributed by atoms with Crippen LogP contribution in [-0.4, -0.2) is 35.8 Å². The molecule has 0 aliphatic heterocycles. The molecule has 9 heteroatoms. The molecule has 204 valence electrons. The minimum atomic E-state index is -0.556. The number of benzene rings is 3. The van der Waals surface area contributed by atoms with Gasteiger partial charge in [-0.25, -0.2) is 9.18 Å². The van der Waals surface area contributed by atoms with E-state index >= 15 is 0 Å². The molecule has 0 unspecified atom stereocenters. The highest BCUT2D eigenvalue weighted by molar-refractivity contribution is 5.94. The molecule has 0 radical (unpaired) electrons. The first-order valence-electron chi connectivity index (χ1n) is 12.7. The maximum absolute atomic E-state index is 13.9. The van der Waals surface area contributed by atoms with Gasteiger partial charge in [-0.2, -0.15) is 0 Å². The van der Waals surface area contributed by atoms with E-state index in [0.717, 1.165) is 11.0 Å². The Bertz CT molecular complexity index is 1610. The Morgan fingerprint density at radius 1 is 0.897 bits per heavy atom. The number of nitrogens with zero attached hydrogens (tertiary/aromatic N) is 2. The first-order chi connectivity index (χ1) is 18.7. The number of rotatable bonds is 10. The second-order valence-corrected chi connectivity index (χ2v) is 9.75. The average Bonchev–Trinajstić information content (AvgIpc) is 2.92. The lowest BCUT2D eigenvalue weighted by Gasteiger charge is -2.17. The number of ether oxygens (including phenoxy) is 2. The van der Waals surface area contributed by atoms with E-state index in [2.05, 4.69) is 19.2 Å². The van der Waals surface area contributed by atoms with Gasteiger partial charge in [0, 0.05) is 18.2 Å². The topological polar surface area (TPSA) is 91.6 Å². The summed E-state index contributed by atoms with van der Waals surface area (Å²) in [5, 5.41) is 3.15. The number of halogens is 1. The van der Waals surface area contributed by atoms with Crippen LogP contribution in [0.1, 0.15) is 41.8 Å². The van der Waals surface area contributed by atoms with Crippen LogP contribution in [-0.2, 0) is 13.1 Å². The number of methoxy groups -OCH3 is 2. The average molecular weight is 534 g/mol. The van der Waals surface area contributed by atoms with Crippen molar-refractivity contribution in [2.45, 2.75) is 33.4 Å². The largest absolute Gasteiger partial charge is 0.493 e. The number of nitrogens with one attached hydrogen (secondary N) is 1. The van der Waals surface area contributed by atoms with Crippen molar-refractivity contribution in [3.8, 4) is 11.5 Å². The number of aromatic nitrogens is 2. The van der Waals surface area contributed by atoms with Crippen molar-refractivity contribution in [3.05, 3.63) is 104 Å². The van der Waals surface area contributed by atoms with Gasteiger partial charge in [-0.05, 0) is 53.8 Å². The number of carbonyl (C=O) groups is 1. The Labute approximate surface area is 225 Å². The standard InChI is InChI=1S/C30H32FN3O5/c1-19(2)12-13-32-28(35)22-10-8-20(9-11-22)17-34-29(36)24-15-26(38-3)27(39-4)16-25(24)33(30(34)37)18-21-6-5-7-23(31)14-21/h5-11,14-16,19H,12-13,17-18H2,1-4H3,(H,32,35). The third kappa shape index (κ3) is 6.19. The molecular formula is C30H32FN3O5. The summed E-state index contributed by atoms with van der Waals surface area (Å²) in [5.74, 6) is 0.586. The predicted octanol–water partition coefficient (Wildman–Crippen LogP) is 4.19. The fraction of sp³-hybridized carbons (Fsp3) is 0.300. The van der Waals surface area contributed by atoms with Gasteiger partial charge in [0.15, 0.2) is 11.5 Å². The summed E-state index contributed by atoms with van der Waals surface area (Å²) >= 11 is 0. The Kier molecular flexibility index (Phi) is 8.49. The van der Waals surface area contributed by atoms with Crippen LogP contribution in [0.4, 0.5) is 4.39 Å². The van der Waals surface area contributed by atoms with E-state index < -0.39 is 17.1 Å². The van der Waals surface area contributed by atoms with E-state index in [-0.39, 0.29) is 24.4 Å². The molecule has 1 aromatic heterocycles. The molecule has 1 amide bonds. The molecule has 1 N–H and O–H groups in total. The Morgan fingerprint density at radius 3 is 2.21 bits per heavy atom. The Hall–Kier alpha value is -4.40. The number of amides is 1. The molecule has 39 heavy (non-hydrogen) atoms. The normalized spacial score (nSPS) is 11.1. The van der Waals surface area contributed by atoms with E-state index in [9.17, 15) is 18.8 Å². The summed E-state index contributed by atoms with van der Waals surface area (Å²) in [6.07, 6.45) is 0.882. The molecule has 0 atom stereocenters. The molecule has 0 saturated carbocycles. The van der Waals surface area contributed by atoms with Crippen molar-refractivity contribution in [2.24, 2.45) is 5.92 Å². The summed E-state index contributed by atoms with van der Waals surface area (Å²) in [7, 11) is 2.93. The lowest BCUT2D eigenvalue weighted by atomic mass is 10.1. The zero-order valence-electron chi connectivity index (χ0n) is 22.5. The van der Waals surface area contributed by atoms with Gasteiger partial charge in [-0.1, -0.05) is 38.1 Å². The molecular weight excluding hydrogens is 501 g/mol. The number of fused-ring (bicyclic) bond motifs is 1. The highest BCUT2D eigenvalue weighted by atomic mass is 19.1. The predicted molar refractivity (Wildman–Crippen MR) is 148 cm³/mol. The summed E-state index contributed by atoms with van der Waals surface area (Å²) in [4.78, 5) is 39.7. The molecule has 0 saturated heterocycles. The third-order valence-electron chi connectivity index (χ3n) is 6.52. The van der Waals surface area contributed by atoms with Gasteiger partial charge >= 0.3 is 5.69 Å². The molecule has 4 aromatic rings. The van der Waals surface area contributed by atoms with Crippen molar-refractivity contribution < 1.29 is 18.7 Å². The maximum atomic E-state index is 13.9. The number of carbonyl (C=O) groups excluding carboxylic acids is 1. The SMILES string of the molecule is COc1cc2c(=O)n(Cc3ccc(C(=O)NCCC(C)C)cc3)c(=O)n(Cc3cccc(F)c3)c2cc1OC. The van der Waals surface area contributed by atoms with Crippen LogP contribution in [0.5, 0.6) is 11.5 Å². The molecule has 0 fully saturated rings. The van der Waals surface area contributed by atoms with Gasteiger partial charge in [-0.3, -0.25) is 18.7 Å². The minimum absolute atomic E-state index is 0.0135. The molecule has 0 spiro atoms. The van der Waals surface area contributed by atoms with Crippen molar-refractivity contribution >= 4 is 16.8 Å². The monoisotopic (exact) mass is 533 g/mol. The van der Waals surface area contributed by atoms with Crippen LogP contribution in [0.3, 0.4) is 0 Å². The van der Waals surface area contributed by atoms with Crippen LogP contribution in [0.15, 0.2) is 70.3 Å². The second kappa shape index (κ2) is 12.0. The zero-order chi connectivity index (χ0) is 28.1. The molecule has 1 heterocycles. The minimum Gasteiger partial charge on any atom is -0.493 e. The van der Waals surface area contributed by atoms with Crippen molar-refractivity contribution in [2.75, 3.05) is 20.8 Å². The fourth-order valence-corrected chi connectivity index (χ4v) is 4.37. The highest BCUT2D eigenvalue weighted by Crippen LogP contribution is 2.30. The van der Waals surface area contributed by atoms with Gasteiger partial charge in [0.1, 0.15) is 5.82 Å². The van der Waals surface area contributed by atoms with Gasteiger partial charge in [0.25, 0.3) is 11.5 Å². The number of hydrogen-bond acceptors (Lipinski definition) is 5. The van der Waals surface area contributed by atoms with Crippen LogP contribution < -0.4 is 26.0 Å². The molecule has 0 aliphatic rings. The lowest BCUT2D eigenvalue weighted by Crippen LogP contribution is -2.40. The first kappa shape index (κ1) is 27.6. The number of hydrogen-bond donors (Lipinski definition) is 1. The Morgan fingerprint density at radius 2 is 1.56 bits per heavy atom. The molecule has 4 rings (SSSR count). The summed E-state index contributed by atoms with van der Waals surface area (Å²) in [6.45, 7) is 4.80. The van der Waals surface area contributed by atoms with Gasteiger partial charge in [-0.15, -0.1) is 0 Å². The van der Waals surface area contributed by atoms with E-state index in [1.165, 1.54) is 30.9 Å². The lowest BCUT2D eigenvalue weighted by molar-refractivity contribution is 0.0952. The van der Waals surface area contributed by atoms with Gasteiger partial charge in [0.2, 0.25) is 0 Å². The summed E-state index contributed by atoms with van der Waals surface area (Å²) in [6, 6.07) is 15.9. The van der Waals surface area contributed by atoms with E-state index in [1.807, 2.05) is 0 Å². The smallest absolute Gasteiger partial charge is 0.332 e. The highest BCUT2D eigenvalue weighted by Gasteiger charge is 2.18. The van der Waals surface area contributed by atoms with Crippen molar-refractivity contribution in [3.63, 3.8) is 0 Å². The summed E-state index contributed by atoms with van der Waals surface area (Å²) in [5.41, 5.74) is 1.02. The van der Waals surface area contributed by atoms with Crippen LogP contribution in [0.2, 0.25) is 0 Å². The van der Waals surface area contributed by atoms with E-state index in [1.54, 1.807) is 48.5 Å².